The number of hydrogen-bond donors (Lipinski definition) is 1. The molecule has 1 N–H and O–H groups in total. The molecule has 0 radical (unpaired) electrons. The van der Waals surface area contributed by atoms with Gasteiger partial charge in [0.25, 0.3) is 0 Å². The molecule has 8 heteroatoms. The highest BCUT2D eigenvalue weighted by Gasteiger charge is 2.53. The molecular weight excluding hydrogens is 422 g/mol. The summed E-state index contributed by atoms with van der Waals surface area (Å²) in [4.78, 5) is 36.2. The summed E-state index contributed by atoms with van der Waals surface area (Å²) in [7, 11) is 0. The van der Waals surface area contributed by atoms with Crippen LogP contribution in [0.15, 0.2) is 24.3 Å². The molecule has 3 rings (SSSR count). The first-order valence-electron chi connectivity index (χ1n) is 11.3. The van der Waals surface area contributed by atoms with Crippen molar-refractivity contribution in [2.75, 3.05) is 0 Å². The van der Waals surface area contributed by atoms with Crippen molar-refractivity contribution in [3.05, 3.63) is 35.4 Å². The maximum Gasteiger partial charge on any atom is 0.378 e. The summed E-state index contributed by atoms with van der Waals surface area (Å²) in [5, 5.41) is 8.99. The number of carbonyl (C=O) groups excluding carboxylic acids is 2. The molecule has 0 aliphatic heterocycles. The second kappa shape index (κ2) is 9.96. The van der Waals surface area contributed by atoms with E-state index in [4.69, 9.17) is 14.6 Å². The van der Waals surface area contributed by atoms with E-state index in [1.54, 1.807) is 0 Å². The third-order valence-corrected chi connectivity index (χ3v) is 6.56. The minimum absolute atomic E-state index is 0.0348. The molecule has 0 spiro atoms. The zero-order valence-corrected chi connectivity index (χ0v) is 18.3. The molecular formula is C24H30F2O6. The van der Waals surface area contributed by atoms with Crippen LogP contribution < -0.4 is 0 Å². The summed E-state index contributed by atoms with van der Waals surface area (Å²) < 4.78 is 39.4. The lowest BCUT2D eigenvalue weighted by Gasteiger charge is -2.33. The third-order valence-electron chi connectivity index (χ3n) is 6.56. The molecule has 1 aromatic carbocycles. The molecule has 1 atom stereocenters. The highest BCUT2D eigenvalue weighted by molar-refractivity contribution is 5.93. The summed E-state index contributed by atoms with van der Waals surface area (Å²) in [6, 6.07) is 5.38. The molecule has 176 valence electrons. The van der Waals surface area contributed by atoms with Crippen LogP contribution in [-0.4, -0.2) is 40.6 Å². The summed E-state index contributed by atoms with van der Waals surface area (Å²) in [6.07, 6.45) is 5.67. The lowest BCUT2D eigenvalue weighted by atomic mass is 9.83. The molecule has 2 aliphatic carbocycles. The zero-order valence-electron chi connectivity index (χ0n) is 18.3. The molecule has 0 saturated heterocycles. The van der Waals surface area contributed by atoms with Crippen LogP contribution in [0, 0.1) is 5.92 Å². The molecule has 2 aliphatic rings. The Balaban J connectivity index is 1.69. The van der Waals surface area contributed by atoms with Crippen LogP contribution in [0.2, 0.25) is 0 Å². The van der Waals surface area contributed by atoms with Gasteiger partial charge in [0.05, 0.1) is 11.1 Å². The molecule has 0 aromatic heterocycles. The van der Waals surface area contributed by atoms with Gasteiger partial charge in [-0.05, 0) is 69.7 Å². The van der Waals surface area contributed by atoms with E-state index in [1.165, 1.54) is 24.3 Å². The monoisotopic (exact) mass is 452 g/mol. The Morgan fingerprint density at radius 2 is 1.44 bits per heavy atom. The van der Waals surface area contributed by atoms with Crippen molar-refractivity contribution < 1.29 is 37.7 Å². The lowest BCUT2D eigenvalue weighted by Crippen LogP contribution is -2.48. The Labute approximate surface area is 186 Å². The maximum absolute atomic E-state index is 14.4. The van der Waals surface area contributed by atoms with Gasteiger partial charge < -0.3 is 14.6 Å². The number of carboxylic acid groups (broad SMARTS) is 1. The maximum atomic E-state index is 14.4. The number of carboxylic acids is 1. The number of aliphatic carboxylic acids is 1. The number of benzene rings is 1. The summed E-state index contributed by atoms with van der Waals surface area (Å²) in [5.74, 6) is -8.76. The van der Waals surface area contributed by atoms with Crippen molar-refractivity contribution in [1.82, 2.24) is 0 Å². The molecule has 2 saturated carbocycles. The first-order chi connectivity index (χ1) is 15.1. The standard InChI is InChI=1S/C24H30F2O6/c1-23(14-6-3-7-15-23)32-21(28)18-12-10-17(11-13-18)20(27)31-19(24(25,26)22(29)30)16-8-4-2-5-9-16/h10-13,16,19H,2-9,14-15H2,1H3,(H,29,30). The smallest absolute Gasteiger partial charge is 0.378 e. The fourth-order valence-electron chi connectivity index (χ4n) is 4.64. The Kier molecular flexibility index (Phi) is 7.51. The van der Waals surface area contributed by atoms with Crippen molar-refractivity contribution in [2.45, 2.75) is 88.8 Å². The van der Waals surface area contributed by atoms with Crippen LogP contribution in [0.1, 0.15) is 91.8 Å². The van der Waals surface area contributed by atoms with E-state index in [9.17, 15) is 23.2 Å². The first-order valence-corrected chi connectivity index (χ1v) is 11.3. The number of halogens is 2. The van der Waals surface area contributed by atoms with Crippen molar-refractivity contribution in [3.63, 3.8) is 0 Å². The quantitative estimate of drug-likeness (QED) is 0.558. The highest BCUT2D eigenvalue weighted by atomic mass is 19.3. The third kappa shape index (κ3) is 5.64. The second-order valence-electron chi connectivity index (χ2n) is 9.13. The average molecular weight is 452 g/mol. The van der Waals surface area contributed by atoms with Crippen molar-refractivity contribution in [2.24, 2.45) is 5.92 Å². The van der Waals surface area contributed by atoms with Crippen molar-refractivity contribution in [1.29, 1.82) is 0 Å². The summed E-state index contributed by atoms with van der Waals surface area (Å²) in [6.45, 7) is 1.91. The van der Waals surface area contributed by atoms with Gasteiger partial charge in [-0.15, -0.1) is 0 Å². The van der Waals surface area contributed by atoms with Gasteiger partial charge >= 0.3 is 23.8 Å². The molecule has 0 bridgehead atoms. The SMILES string of the molecule is CC1(OC(=O)c2ccc(C(=O)OC(C3CCCCC3)C(F)(F)C(=O)O)cc2)CCCCC1. The van der Waals surface area contributed by atoms with E-state index in [-0.39, 0.29) is 11.1 Å². The van der Waals surface area contributed by atoms with Gasteiger partial charge in [-0.1, -0.05) is 25.7 Å². The summed E-state index contributed by atoms with van der Waals surface area (Å²) >= 11 is 0. The topological polar surface area (TPSA) is 89.9 Å². The minimum Gasteiger partial charge on any atom is -0.477 e. The Morgan fingerprint density at radius 3 is 1.97 bits per heavy atom. The van der Waals surface area contributed by atoms with E-state index in [0.717, 1.165) is 38.5 Å². The molecule has 2 fully saturated rings. The van der Waals surface area contributed by atoms with Crippen LogP contribution in [0.5, 0.6) is 0 Å². The zero-order chi connectivity index (χ0) is 23.4. The summed E-state index contributed by atoms with van der Waals surface area (Å²) in [5.41, 5.74) is -0.303. The highest BCUT2D eigenvalue weighted by Crippen LogP contribution is 2.37. The minimum atomic E-state index is -4.18. The van der Waals surface area contributed by atoms with E-state index in [0.29, 0.717) is 25.7 Å². The largest absolute Gasteiger partial charge is 0.477 e. The number of rotatable bonds is 7. The van der Waals surface area contributed by atoms with Gasteiger partial charge in [-0.25, -0.2) is 14.4 Å². The van der Waals surface area contributed by atoms with Crippen molar-refractivity contribution in [3.8, 4) is 0 Å². The molecule has 32 heavy (non-hydrogen) atoms. The predicted octanol–water partition coefficient (Wildman–Crippen LogP) is 5.39. The van der Waals surface area contributed by atoms with Crippen LogP contribution >= 0.6 is 0 Å². The average Bonchev–Trinajstić information content (AvgIpc) is 2.78. The van der Waals surface area contributed by atoms with Gasteiger partial charge in [-0.3, -0.25) is 0 Å². The Morgan fingerprint density at radius 1 is 0.938 bits per heavy atom. The Bertz CT molecular complexity index is 823. The van der Waals surface area contributed by atoms with Gasteiger partial charge in [0, 0.05) is 5.92 Å². The lowest BCUT2D eigenvalue weighted by molar-refractivity contribution is -0.189. The number of esters is 2. The second-order valence-corrected chi connectivity index (χ2v) is 9.13. The van der Waals surface area contributed by atoms with Gasteiger partial charge in [0.2, 0.25) is 0 Å². The first kappa shape index (κ1) is 24.1. The van der Waals surface area contributed by atoms with Crippen LogP contribution in [-0.2, 0) is 14.3 Å². The normalized spacial score (nSPS) is 20.2. The predicted molar refractivity (Wildman–Crippen MR) is 112 cm³/mol. The van der Waals surface area contributed by atoms with Crippen LogP contribution in [0.4, 0.5) is 8.78 Å². The van der Waals surface area contributed by atoms with E-state index < -0.39 is 41.5 Å². The van der Waals surface area contributed by atoms with Crippen LogP contribution in [0.25, 0.3) is 0 Å². The number of carbonyl (C=O) groups is 3. The molecule has 6 nitrogen and oxygen atoms in total. The van der Waals surface area contributed by atoms with Gasteiger partial charge in [0.15, 0.2) is 6.10 Å². The fraction of sp³-hybridized carbons (Fsp3) is 0.625. The number of ether oxygens (including phenoxy) is 2. The van der Waals surface area contributed by atoms with E-state index in [2.05, 4.69) is 0 Å². The van der Waals surface area contributed by atoms with Gasteiger partial charge in [-0.2, -0.15) is 8.78 Å². The molecule has 1 aromatic rings. The van der Waals surface area contributed by atoms with Crippen LogP contribution in [0.3, 0.4) is 0 Å². The molecule has 1 unspecified atom stereocenters. The van der Waals surface area contributed by atoms with E-state index >= 15 is 0 Å². The molecule has 0 amide bonds. The van der Waals surface area contributed by atoms with Crippen molar-refractivity contribution >= 4 is 17.9 Å². The fourth-order valence-corrected chi connectivity index (χ4v) is 4.64. The number of hydrogen-bond acceptors (Lipinski definition) is 5. The number of alkyl halides is 2. The van der Waals surface area contributed by atoms with E-state index in [1.807, 2.05) is 6.92 Å². The Hall–Kier alpha value is -2.51. The molecule has 0 heterocycles. The van der Waals surface area contributed by atoms with Gasteiger partial charge in [0.1, 0.15) is 5.60 Å².